The van der Waals surface area contributed by atoms with Crippen LogP contribution in [0.2, 0.25) is 10.2 Å². The Balaban J connectivity index is 2.30. The summed E-state index contributed by atoms with van der Waals surface area (Å²) in [6.07, 6.45) is 2.80. The van der Waals surface area contributed by atoms with Gasteiger partial charge >= 0.3 is 0 Å². The van der Waals surface area contributed by atoms with E-state index in [4.69, 9.17) is 33.7 Å². The maximum absolute atomic E-state index is 10.9. The van der Waals surface area contributed by atoms with Crippen molar-refractivity contribution in [3.05, 3.63) is 46.3 Å². The molecule has 5 nitrogen and oxygen atoms in total. The molecule has 0 unspecified atom stereocenters. The number of nitrogens with zero attached hydrogens (tertiary/aromatic N) is 2. The first-order valence-electron chi connectivity index (χ1n) is 4.81. The van der Waals surface area contributed by atoms with Crippen LogP contribution in [0.5, 0.6) is 11.6 Å². The molecule has 0 aliphatic rings. The predicted octanol–water partition coefficient (Wildman–Crippen LogP) is 2.67. The number of aromatic nitrogens is 2. The number of hydrogen-bond donors (Lipinski definition) is 1. The van der Waals surface area contributed by atoms with Crippen LogP contribution in [0.4, 0.5) is 0 Å². The lowest BCUT2D eigenvalue weighted by Crippen LogP contribution is -2.11. The first kappa shape index (κ1) is 12.6. The fourth-order valence-corrected chi connectivity index (χ4v) is 1.55. The Bertz CT molecular complexity index is 605. The van der Waals surface area contributed by atoms with Crippen molar-refractivity contribution < 1.29 is 9.53 Å². The third-order valence-electron chi connectivity index (χ3n) is 2.02. The molecule has 2 rings (SSSR count). The standard InChI is InChI=1S/C11H7Cl2N3O2/c12-7-4-6(10(14)17)5-16-11(7)18-8-2-1-3-15-9(8)13/h1-5H,(H2,14,17). The van der Waals surface area contributed by atoms with E-state index in [1.54, 1.807) is 12.1 Å². The molecule has 0 aliphatic heterocycles. The maximum atomic E-state index is 10.9. The summed E-state index contributed by atoms with van der Waals surface area (Å²) in [7, 11) is 0. The van der Waals surface area contributed by atoms with Gasteiger partial charge in [-0.1, -0.05) is 23.2 Å². The number of amides is 1. The molecule has 0 aliphatic carbocycles. The Labute approximate surface area is 113 Å². The molecule has 2 N–H and O–H groups in total. The highest BCUT2D eigenvalue weighted by molar-refractivity contribution is 6.32. The topological polar surface area (TPSA) is 78.1 Å². The number of pyridine rings is 2. The number of carbonyl (C=O) groups excluding carboxylic acids is 1. The molecule has 0 spiro atoms. The van der Waals surface area contributed by atoms with Crippen LogP contribution < -0.4 is 10.5 Å². The van der Waals surface area contributed by atoms with E-state index in [1.165, 1.54) is 18.5 Å². The van der Waals surface area contributed by atoms with Gasteiger partial charge in [-0.2, -0.15) is 0 Å². The number of halogens is 2. The van der Waals surface area contributed by atoms with Crippen molar-refractivity contribution >= 4 is 29.1 Å². The van der Waals surface area contributed by atoms with E-state index in [0.717, 1.165) is 0 Å². The van der Waals surface area contributed by atoms with E-state index in [0.29, 0.717) is 5.75 Å². The smallest absolute Gasteiger partial charge is 0.250 e. The SMILES string of the molecule is NC(=O)c1cnc(Oc2cccnc2Cl)c(Cl)c1. The van der Waals surface area contributed by atoms with E-state index in [9.17, 15) is 4.79 Å². The minimum atomic E-state index is -0.615. The zero-order valence-electron chi connectivity index (χ0n) is 8.93. The third kappa shape index (κ3) is 2.69. The monoisotopic (exact) mass is 283 g/mol. The van der Waals surface area contributed by atoms with Crippen molar-refractivity contribution in [2.24, 2.45) is 5.73 Å². The fourth-order valence-electron chi connectivity index (χ4n) is 1.19. The van der Waals surface area contributed by atoms with Crippen LogP contribution in [0.15, 0.2) is 30.6 Å². The normalized spacial score (nSPS) is 10.1. The molecular weight excluding hydrogens is 277 g/mol. The van der Waals surface area contributed by atoms with E-state index in [2.05, 4.69) is 9.97 Å². The van der Waals surface area contributed by atoms with Crippen LogP contribution in [0, 0.1) is 0 Å². The summed E-state index contributed by atoms with van der Waals surface area (Å²) in [5, 5.41) is 0.348. The quantitative estimate of drug-likeness (QED) is 0.879. The summed E-state index contributed by atoms with van der Waals surface area (Å²) in [6.45, 7) is 0. The highest BCUT2D eigenvalue weighted by Crippen LogP contribution is 2.30. The highest BCUT2D eigenvalue weighted by Gasteiger charge is 2.11. The van der Waals surface area contributed by atoms with Gasteiger partial charge in [-0.05, 0) is 18.2 Å². The van der Waals surface area contributed by atoms with Crippen molar-refractivity contribution in [3.8, 4) is 11.6 Å². The van der Waals surface area contributed by atoms with Gasteiger partial charge < -0.3 is 10.5 Å². The third-order valence-corrected chi connectivity index (χ3v) is 2.58. The van der Waals surface area contributed by atoms with Crippen LogP contribution in [-0.2, 0) is 0 Å². The zero-order valence-corrected chi connectivity index (χ0v) is 10.4. The van der Waals surface area contributed by atoms with E-state index in [-0.39, 0.29) is 21.6 Å². The second-order valence-electron chi connectivity index (χ2n) is 3.27. The number of hydrogen-bond acceptors (Lipinski definition) is 4. The summed E-state index contributed by atoms with van der Waals surface area (Å²) < 4.78 is 5.39. The first-order valence-corrected chi connectivity index (χ1v) is 5.57. The average Bonchev–Trinajstić information content (AvgIpc) is 2.34. The minimum absolute atomic E-state index is 0.122. The van der Waals surface area contributed by atoms with Gasteiger partial charge in [0.1, 0.15) is 5.02 Å². The van der Waals surface area contributed by atoms with Gasteiger partial charge in [0.2, 0.25) is 11.8 Å². The molecule has 0 aromatic carbocycles. The van der Waals surface area contributed by atoms with Gasteiger partial charge in [0.05, 0.1) is 5.56 Å². The van der Waals surface area contributed by atoms with Crippen molar-refractivity contribution in [2.75, 3.05) is 0 Å². The molecule has 18 heavy (non-hydrogen) atoms. The Morgan fingerprint density at radius 3 is 2.72 bits per heavy atom. The lowest BCUT2D eigenvalue weighted by molar-refractivity contribution is 0.1000. The molecule has 2 aromatic rings. The Morgan fingerprint density at radius 2 is 2.11 bits per heavy atom. The lowest BCUT2D eigenvalue weighted by Gasteiger charge is -2.07. The Hall–Kier alpha value is -1.85. The van der Waals surface area contributed by atoms with Crippen molar-refractivity contribution in [1.29, 1.82) is 0 Å². The number of nitrogens with two attached hydrogens (primary N) is 1. The van der Waals surface area contributed by atoms with E-state index < -0.39 is 5.91 Å². The van der Waals surface area contributed by atoms with Gasteiger partial charge in [-0.15, -0.1) is 0 Å². The number of primary amides is 1. The molecule has 1 amide bonds. The molecule has 0 saturated heterocycles. The second kappa shape index (κ2) is 5.20. The summed E-state index contributed by atoms with van der Waals surface area (Å²) >= 11 is 11.7. The molecule has 0 radical (unpaired) electrons. The van der Waals surface area contributed by atoms with Gasteiger partial charge in [0, 0.05) is 12.4 Å². The van der Waals surface area contributed by atoms with Crippen molar-refractivity contribution in [3.63, 3.8) is 0 Å². The Kier molecular flexibility index (Phi) is 3.64. The van der Waals surface area contributed by atoms with Crippen LogP contribution in [0.1, 0.15) is 10.4 Å². The van der Waals surface area contributed by atoms with Gasteiger partial charge in [0.25, 0.3) is 0 Å². The molecule has 92 valence electrons. The van der Waals surface area contributed by atoms with Crippen LogP contribution in [-0.4, -0.2) is 15.9 Å². The molecular formula is C11H7Cl2N3O2. The maximum Gasteiger partial charge on any atom is 0.250 e. The summed E-state index contributed by atoms with van der Waals surface area (Å²) in [6, 6.07) is 4.65. The number of ether oxygens (including phenoxy) is 1. The number of carbonyl (C=O) groups is 1. The van der Waals surface area contributed by atoms with Gasteiger partial charge in [-0.25, -0.2) is 9.97 Å². The zero-order chi connectivity index (χ0) is 13.1. The molecule has 7 heteroatoms. The molecule has 0 bridgehead atoms. The first-order chi connectivity index (χ1) is 8.58. The van der Waals surface area contributed by atoms with Crippen molar-refractivity contribution in [2.45, 2.75) is 0 Å². The molecule has 0 saturated carbocycles. The van der Waals surface area contributed by atoms with Crippen LogP contribution in [0.25, 0.3) is 0 Å². The van der Waals surface area contributed by atoms with Gasteiger partial charge in [-0.3, -0.25) is 4.79 Å². The molecule has 2 aromatic heterocycles. The van der Waals surface area contributed by atoms with Crippen molar-refractivity contribution in [1.82, 2.24) is 9.97 Å². The predicted molar refractivity (Wildman–Crippen MR) is 67.1 cm³/mol. The summed E-state index contributed by atoms with van der Waals surface area (Å²) in [4.78, 5) is 18.7. The van der Waals surface area contributed by atoms with Gasteiger partial charge in [0.15, 0.2) is 10.9 Å². The summed E-state index contributed by atoms with van der Waals surface area (Å²) in [5.41, 5.74) is 5.30. The number of rotatable bonds is 3. The fraction of sp³-hybridized carbons (Fsp3) is 0. The Morgan fingerprint density at radius 1 is 1.33 bits per heavy atom. The van der Waals surface area contributed by atoms with Crippen LogP contribution >= 0.6 is 23.2 Å². The lowest BCUT2D eigenvalue weighted by atomic mass is 10.3. The summed E-state index contributed by atoms with van der Waals surface area (Å²) in [5.74, 6) is -0.174. The average molecular weight is 284 g/mol. The minimum Gasteiger partial charge on any atom is -0.434 e. The molecule has 0 fully saturated rings. The highest BCUT2D eigenvalue weighted by atomic mass is 35.5. The molecule has 2 heterocycles. The van der Waals surface area contributed by atoms with Crippen LogP contribution in [0.3, 0.4) is 0 Å². The van der Waals surface area contributed by atoms with E-state index >= 15 is 0 Å². The second-order valence-corrected chi connectivity index (χ2v) is 4.03. The molecule has 0 atom stereocenters. The largest absolute Gasteiger partial charge is 0.434 e. The van der Waals surface area contributed by atoms with E-state index in [1.807, 2.05) is 0 Å².